The van der Waals surface area contributed by atoms with Gasteiger partial charge in [0.1, 0.15) is 28.9 Å². The lowest BCUT2D eigenvalue weighted by atomic mass is 9.67. The van der Waals surface area contributed by atoms with E-state index in [0.717, 1.165) is 75.2 Å². The number of benzene rings is 3. The Morgan fingerprint density at radius 3 is 2.23 bits per heavy atom. The minimum absolute atomic E-state index is 0.0808. The molecular formula is C48H55N9O7. The molecule has 2 atom stereocenters. The molecule has 3 aromatic carbocycles. The van der Waals surface area contributed by atoms with Crippen LogP contribution >= 0.6 is 0 Å². The Bertz CT molecular complexity index is 2390. The molecule has 4 fully saturated rings. The van der Waals surface area contributed by atoms with Gasteiger partial charge >= 0.3 is 0 Å². The third-order valence-electron chi connectivity index (χ3n) is 14.0. The average molecular weight is 870 g/mol. The number of piperidine rings is 2. The summed E-state index contributed by atoms with van der Waals surface area (Å²) in [5, 5.41) is 9.30. The minimum atomic E-state index is -0.987. The first-order valence-electron chi connectivity index (χ1n) is 22.5. The summed E-state index contributed by atoms with van der Waals surface area (Å²) in [5.41, 5.74) is 15.1. The number of carbonyl (C=O) groups excluding carboxylic acids is 6. The predicted octanol–water partition coefficient (Wildman–Crippen LogP) is 3.78. The number of para-hydroxylation sites is 1. The average Bonchev–Trinajstić information content (AvgIpc) is 3.53. The van der Waals surface area contributed by atoms with Gasteiger partial charge in [0.05, 0.1) is 16.8 Å². The van der Waals surface area contributed by atoms with Crippen LogP contribution in [0.5, 0.6) is 11.5 Å². The van der Waals surface area contributed by atoms with E-state index < -0.39 is 35.6 Å². The normalized spacial score (nSPS) is 23.1. The zero-order valence-electron chi connectivity index (χ0n) is 35.9. The Morgan fingerprint density at radius 2 is 1.53 bits per heavy atom. The first-order chi connectivity index (χ1) is 30.9. The summed E-state index contributed by atoms with van der Waals surface area (Å²) in [4.78, 5) is 86.6. The molecule has 1 unspecified atom stereocenters. The van der Waals surface area contributed by atoms with Crippen molar-refractivity contribution < 1.29 is 33.5 Å². The number of ether oxygens (including phenoxy) is 1. The van der Waals surface area contributed by atoms with E-state index in [0.29, 0.717) is 54.9 Å². The Balaban J connectivity index is 0.698. The van der Waals surface area contributed by atoms with E-state index in [1.807, 2.05) is 41.3 Å². The van der Waals surface area contributed by atoms with Gasteiger partial charge in [-0.05, 0) is 123 Å². The van der Waals surface area contributed by atoms with Crippen molar-refractivity contribution in [1.82, 2.24) is 25.3 Å². The van der Waals surface area contributed by atoms with Gasteiger partial charge in [0.15, 0.2) is 0 Å². The Labute approximate surface area is 371 Å². The van der Waals surface area contributed by atoms with Crippen molar-refractivity contribution in [2.45, 2.75) is 82.3 Å². The molecular weight excluding hydrogens is 815 g/mol. The topological polar surface area (TPSA) is 222 Å². The SMILES string of the molecule is NC(=O)C(C1=NCC[C@@H](C2CCN(C(=O)CCN3CC4(CCC(Nc5ccc6c(c5)C(=O)N(C5CCC(=O)NC5=O)C6=O)CC4)C3)CC2)N1)=C(N)c1ccc(Oc2ccccc2)cc1. The highest BCUT2D eigenvalue weighted by molar-refractivity contribution is 6.25. The van der Waals surface area contributed by atoms with Crippen LogP contribution in [0.15, 0.2) is 83.4 Å². The highest BCUT2D eigenvalue weighted by atomic mass is 16.5. The summed E-state index contributed by atoms with van der Waals surface area (Å²) in [6.07, 6.45) is 7.31. The molecule has 1 aliphatic carbocycles. The molecule has 0 aromatic heterocycles. The van der Waals surface area contributed by atoms with Crippen molar-refractivity contribution in [3.63, 3.8) is 0 Å². The zero-order valence-corrected chi connectivity index (χ0v) is 35.9. The van der Waals surface area contributed by atoms with Crippen molar-refractivity contribution in [2.75, 3.05) is 44.6 Å². The van der Waals surface area contributed by atoms with Gasteiger partial charge in [-0.1, -0.05) is 18.2 Å². The molecule has 0 radical (unpaired) electrons. The van der Waals surface area contributed by atoms with Crippen LogP contribution in [0.2, 0.25) is 0 Å². The van der Waals surface area contributed by atoms with E-state index in [1.54, 1.807) is 36.4 Å². The number of anilines is 1. The van der Waals surface area contributed by atoms with Gasteiger partial charge in [-0.2, -0.15) is 0 Å². The molecule has 5 aliphatic heterocycles. The van der Waals surface area contributed by atoms with Gasteiger partial charge < -0.3 is 36.6 Å². The maximum absolute atomic E-state index is 13.4. The number of nitrogens with one attached hydrogen (secondary N) is 3. The smallest absolute Gasteiger partial charge is 0.262 e. The number of nitrogens with zero attached hydrogens (tertiary/aromatic N) is 4. The third-order valence-corrected chi connectivity index (χ3v) is 14.0. The molecule has 3 saturated heterocycles. The second kappa shape index (κ2) is 17.9. The van der Waals surface area contributed by atoms with Gasteiger partial charge in [-0.15, -0.1) is 0 Å². The summed E-state index contributed by atoms with van der Waals surface area (Å²) in [6.45, 7) is 4.64. The number of hydrogen-bond acceptors (Lipinski definition) is 12. The van der Waals surface area contributed by atoms with Crippen LogP contribution < -0.4 is 32.2 Å². The van der Waals surface area contributed by atoms with E-state index in [2.05, 4.69) is 25.8 Å². The van der Waals surface area contributed by atoms with E-state index in [9.17, 15) is 28.8 Å². The maximum atomic E-state index is 13.4. The molecule has 9 rings (SSSR count). The summed E-state index contributed by atoms with van der Waals surface area (Å²) in [6, 6.07) is 21.1. The summed E-state index contributed by atoms with van der Waals surface area (Å²) >= 11 is 0. The van der Waals surface area contributed by atoms with Crippen molar-refractivity contribution in [3.05, 3.63) is 95.1 Å². The highest BCUT2D eigenvalue weighted by Crippen LogP contribution is 2.44. The molecule has 334 valence electrons. The monoisotopic (exact) mass is 869 g/mol. The first kappa shape index (κ1) is 42.7. The largest absolute Gasteiger partial charge is 0.457 e. The zero-order chi connectivity index (χ0) is 44.5. The summed E-state index contributed by atoms with van der Waals surface area (Å²) in [7, 11) is 0. The molecule has 6 amide bonds. The van der Waals surface area contributed by atoms with Gasteiger partial charge in [-0.3, -0.25) is 44.0 Å². The van der Waals surface area contributed by atoms with Crippen molar-refractivity contribution in [3.8, 4) is 11.5 Å². The van der Waals surface area contributed by atoms with Crippen LogP contribution in [0.3, 0.4) is 0 Å². The predicted molar refractivity (Wildman–Crippen MR) is 239 cm³/mol. The minimum Gasteiger partial charge on any atom is -0.457 e. The highest BCUT2D eigenvalue weighted by Gasteiger charge is 2.46. The third kappa shape index (κ3) is 8.83. The first-order valence-corrected chi connectivity index (χ1v) is 22.5. The van der Waals surface area contributed by atoms with E-state index in [1.165, 1.54) is 0 Å². The molecule has 7 N–H and O–H groups in total. The number of primary amides is 1. The Hall–Kier alpha value is -6.55. The lowest BCUT2D eigenvalue weighted by Crippen LogP contribution is -2.58. The number of rotatable bonds is 12. The van der Waals surface area contributed by atoms with E-state index in [4.69, 9.17) is 16.2 Å². The fourth-order valence-corrected chi connectivity index (χ4v) is 10.5. The molecule has 1 saturated carbocycles. The van der Waals surface area contributed by atoms with E-state index in [-0.39, 0.29) is 58.6 Å². The standard InChI is InChI=1S/C48H55N9O7/c49-42(30-6-9-34(10-7-30)64-33-4-2-1-3-5-33)41(43(50)60)44-51-22-16-37(53-44)29-17-24-56(25-18-29)40(59)19-23-55-27-48(28-55)20-14-31(15-21-48)52-32-8-11-35-36(26-32)47(63)57(46(35)62)38-12-13-39(58)54-45(38)61/h1-11,26,29,31,37-38,52H,12-25,27-28,49H2,(H2,50,60)(H,51,53)(H,54,58,61)/t37-,38?/m0/s1. The van der Waals surface area contributed by atoms with Crippen molar-refractivity contribution >= 4 is 52.7 Å². The quantitative estimate of drug-likeness (QED) is 0.130. The van der Waals surface area contributed by atoms with Crippen LogP contribution in [0.4, 0.5) is 5.69 Å². The molecule has 1 spiro atoms. The summed E-state index contributed by atoms with van der Waals surface area (Å²) in [5.74, 6) is -0.421. The lowest BCUT2D eigenvalue weighted by molar-refractivity contribution is -0.136. The number of imide groups is 2. The molecule has 64 heavy (non-hydrogen) atoms. The lowest BCUT2D eigenvalue weighted by Gasteiger charge is -2.54. The van der Waals surface area contributed by atoms with Gasteiger partial charge in [-0.25, -0.2) is 0 Å². The van der Waals surface area contributed by atoms with Crippen molar-refractivity contribution in [2.24, 2.45) is 27.8 Å². The van der Waals surface area contributed by atoms with Crippen LogP contribution in [0.1, 0.15) is 90.5 Å². The fourth-order valence-electron chi connectivity index (χ4n) is 10.5. The van der Waals surface area contributed by atoms with Gasteiger partial charge in [0.2, 0.25) is 17.7 Å². The fraction of sp³-hybridized carbons (Fsp3) is 0.438. The van der Waals surface area contributed by atoms with Crippen molar-refractivity contribution in [1.29, 1.82) is 0 Å². The molecule has 0 bridgehead atoms. The molecule has 16 nitrogen and oxygen atoms in total. The van der Waals surface area contributed by atoms with E-state index >= 15 is 0 Å². The van der Waals surface area contributed by atoms with Crippen LogP contribution in [-0.4, -0.2) is 113 Å². The maximum Gasteiger partial charge on any atom is 0.262 e. The molecule has 3 aromatic rings. The number of amidine groups is 1. The Morgan fingerprint density at radius 1 is 0.828 bits per heavy atom. The van der Waals surface area contributed by atoms with Crippen LogP contribution in [0.25, 0.3) is 5.70 Å². The number of nitrogens with two attached hydrogens (primary N) is 2. The molecule has 6 aliphatic rings. The van der Waals surface area contributed by atoms with Gasteiger partial charge in [0, 0.05) is 69.9 Å². The summed E-state index contributed by atoms with van der Waals surface area (Å²) < 4.78 is 5.90. The second-order valence-electron chi connectivity index (χ2n) is 18.2. The number of carbonyl (C=O) groups is 6. The second-order valence-corrected chi connectivity index (χ2v) is 18.2. The number of amides is 6. The number of aliphatic imine (C=N–C) groups is 1. The molecule has 16 heteroatoms. The number of fused-ring (bicyclic) bond motifs is 1. The molecule has 5 heterocycles. The Kier molecular flexibility index (Phi) is 12.0. The van der Waals surface area contributed by atoms with Crippen LogP contribution in [-0.2, 0) is 19.2 Å². The number of likely N-dealkylation sites (tertiary alicyclic amines) is 2. The number of hydrogen-bond donors (Lipinski definition) is 5. The van der Waals surface area contributed by atoms with Crippen LogP contribution in [0, 0.1) is 11.3 Å². The van der Waals surface area contributed by atoms with Gasteiger partial charge in [0.25, 0.3) is 17.7 Å².